The molecule has 1 aromatic heterocycles. The van der Waals surface area contributed by atoms with Gasteiger partial charge in [-0.05, 0) is 102 Å². The number of aromatic nitrogens is 2. The minimum Gasteiger partial charge on any atom is -0.372 e. The van der Waals surface area contributed by atoms with Crippen molar-refractivity contribution in [2.75, 3.05) is 39.1 Å². The second-order valence-corrected chi connectivity index (χ2v) is 14.5. The molecule has 2 aromatic rings. The number of carbonyl (C=O) groups excluding carboxylic acids is 4. The number of carbonyl (C=O) groups is 4. The largest absolute Gasteiger partial charge is 0.372 e. The second-order valence-electron chi connectivity index (χ2n) is 14.5. The number of anilines is 1. The highest BCUT2D eigenvalue weighted by atomic mass is 19.1. The van der Waals surface area contributed by atoms with E-state index < -0.39 is 47.6 Å². The lowest BCUT2D eigenvalue weighted by Gasteiger charge is -2.40. The molecule has 49 heavy (non-hydrogen) atoms. The van der Waals surface area contributed by atoms with Crippen molar-refractivity contribution in [1.82, 2.24) is 30.2 Å². The summed E-state index contributed by atoms with van der Waals surface area (Å²) in [6, 6.07) is 4.38. The van der Waals surface area contributed by atoms with E-state index in [0.717, 1.165) is 25.7 Å². The molecule has 1 aliphatic heterocycles. The summed E-state index contributed by atoms with van der Waals surface area (Å²) in [6.45, 7) is 11.0. The molecular formula is C36H52FN7O5. The highest BCUT2D eigenvalue weighted by molar-refractivity contribution is 6.01. The molecule has 1 unspecified atom stereocenters. The van der Waals surface area contributed by atoms with Gasteiger partial charge in [0.25, 0.3) is 5.91 Å². The fourth-order valence-electron chi connectivity index (χ4n) is 6.89. The summed E-state index contributed by atoms with van der Waals surface area (Å²) in [5, 5.41) is 12.9. The zero-order valence-corrected chi connectivity index (χ0v) is 29.7. The van der Waals surface area contributed by atoms with Gasteiger partial charge in [0.05, 0.1) is 5.69 Å². The Morgan fingerprint density at radius 1 is 0.939 bits per heavy atom. The van der Waals surface area contributed by atoms with Crippen molar-refractivity contribution in [3.05, 3.63) is 47.5 Å². The van der Waals surface area contributed by atoms with Crippen LogP contribution in [-0.4, -0.2) is 101 Å². The monoisotopic (exact) mass is 681 g/mol. The van der Waals surface area contributed by atoms with Crippen molar-refractivity contribution in [1.29, 1.82) is 0 Å². The Kier molecular flexibility index (Phi) is 11.4. The third kappa shape index (κ3) is 8.49. The van der Waals surface area contributed by atoms with E-state index in [2.05, 4.69) is 25.9 Å². The van der Waals surface area contributed by atoms with Crippen molar-refractivity contribution in [3.8, 4) is 0 Å². The van der Waals surface area contributed by atoms with Crippen LogP contribution in [0, 0.1) is 23.6 Å². The maximum Gasteiger partial charge on any atom is 0.270 e. The Morgan fingerprint density at radius 2 is 1.61 bits per heavy atom. The lowest BCUT2D eigenvalue weighted by atomic mass is 9.88. The summed E-state index contributed by atoms with van der Waals surface area (Å²) in [4.78, 5) is 58.1. The molecule has 4 amide bonds. The molecule has 3 aliphatic rings. The van der Waals surface area contributed by atoms with Crippen molar-refractivity contribution in [3.63, 3.8) is 0 Å². The summed E-state index contributed by atoms with van der Waals surface area (Å²) in [5.74, 6) is -2.18. The first-order chi connectivity index (χ1) is 23.3. The molecule has 1 saturated heterocycles. The van der Waals surface area contributed by atoms with Crippen LogP contribution in [0.3, 0.4) is 0 Å². The van der Waals surface area contributed by atoms with Crippen LogP contribution in [0.25, 0.3) is 0 Å². The Morgan fingerprint density at radius 3 is 2.18 bits per heavy atom. The highest BCUT2D eigenvalue weighted by Gasteiger charge is 2.48. The van der Waals surface area contributed by atoms with E-state index in [1.54, 1.807) is 41.8 Å². The first kappa shape index (κ1) is 36.4. The average Bonchev–Trinajstić information content (AvgIpc) is 4.03. The zero-order chi connectivity index (χ0) is 35.6. The molecule has 13 heteroatoms. The number of benzene rings is 1. The van der Waals surface area contributed by atoms with Crippen molar-refractivity contribution in [2.45, 2.75) is 96.5 Å². The molecule has 268 valence electrons. The first-order valence-electron chi connectivity index (χ1n) is 17.6. The Balaban J connectivity index is 1.35. The van der Waals surface area contributed by atoms with Crippen LogP contribution in [-0.2, 0) is 19.1 Å². The molecule has 3 fully saturated rings. The van der Waals surface area contributed by atoms with Crippen molar-refractivity contribution >= 4 is 29.3 Å². The fourth-order valence-corrected chi connectivity index (χ4v) is 6.89. The number of halogens is 1. The SMILES string of the molecule is CO[C@@H](C)C(=O)NC(C(=O)N1CCN(C)[C@H](C)C1)[C@@H](C)c1ccc(NC(=O)[C@@H](NC(=O)c2ccnn2C(C)C)C(C2CC2)C2CC2)c(F)c1. The summed E-state index contributed by atoms with van der Waals surface area (Å²) in [5.41, 5.74) is 0.831. The third-order valence-corrected chi connectivity index (χ3v) is 10.5. The van der Waals surface area contributed by atoms with Gasteiger partial charge < -0.3 is 30.5 Å². The number of methoxy groups -OCH3 is 1. The van der Waals surface area contributed by atoms with Gasteiger partial charge in [0.2, 0.25) is 17.7 Å². The van der Waals surface area contributed by atoms with Gasteiger partial charge in [-0.1, -0.05) is 13.0 Å². The molecule has 5 rings (SSSR count). The van der Waals surface area contributed by atoms with E-state index in [4.69, 9.17) is 4.74 Å². The molecule has 12 nitrogen and oxygen atoms in total. The third-order valence-electron chi connectivity index (χ3n) is 10.5. The molecule has 0 radical (unpaired) electrons. The first-order valence-corrected chi connectivity index (χ1v) is 17.6. The van der Waals surface area contributed by atoms with Crippen molar-refractivity contribution in [2.24, 2.45) is 17.8 Å². The molecule has 3 N–H and O–H groups in total. The van der Waals surface area contributed by atoms with Crippen LogP contribution in [0.2, 0.25) is 0 Å². The maximum atomic E-state index is 15.8. The van der Waals surface area contributed by atoms with Gasteiger partial charge in [-0.2, -0.15) is 5.10 Å². The molecule has 5 atom stereocenters. The molecule has 0 spiro atoms. The Hall–Kier alpha value is -3.84. The highest BCUT2D eigenvalue weighted by Crippen LogP contribution is 2.51. The predicted octanol–water partition coefficient (Wildman–Crippen LogP) is 3.56. The van der Waals surface area contributed by atoms with Crippen LogP contribution in [0.4, 0.5) is 10.1 Å². The number of likely N-dealkylation sites (N-methyl/N-ethyl adjacent to an activating group) is 1. The maximum absolute atomic E-state index is 15.8. The lowest BCUT2D eigenvalue weighted by molar-refractivity contribution is -0.141. The number of amides is 4. The Bertz CT molecular complexity index is 1510. The number of nitrogens with zero attached hydrogens (tertiary/aromatic N) is 4. The van der Waals surface area contributed by atoms with Gasteiger partial charge in [-0.3, -0.25) is 23.9 Å². The van der Waals surface area contributed by atoms with Gasteiger partial charge >= 0.3 is 0 Å². The zero-order valence-electron chi connectivity index (χ0n) is 29.7. The van der Waals surface area contributed by atoms with Crippen LogP contribution < -0.4 is 16.0 Å². The van der Waals surface area contributed by atoms with Crippen LogP contribution in [0.15, 0.2) is 30.5 Å². The lowest BCUT2D eigenvalue weighted by Crippen LogP contribution is -2.58. The predicted molar refractivity (Wildman–Crippen MR) is 183 cm³/mol. The minimum absolute atomic E-state index is 0.0226. The van der Waals surface area contributed by atoms with Gasteiger partial charge in [-0.25, -0.2) is 4.39 Å². The molecule has 1 aromatic carbocycles. The summed E-state index contributed by atoms with van der Waals surface area (Å²) in [7, 11) is 3.43. The molecule has 2 saturated carbocycles. The normalized spacial score (nSPS) is 20.9. The van der Waals surface area contributed by atoms with Crippen LogP contribution >= 0.6 is 0 Å². The molecular weight excluding hydrogens is 629 g/mol. The average molecular weight is 682 g/mol. The van der Waals surface area contributed by atoms with E-state index in [1.807, 2.05) is 27.8 Å². The van der Waals surface area contributed by atoms with E-state index in [0.29, 0.717) is 42.7 Å². The van der Waals surface area contributed by atoms with Gasteiger partial charge in [0, 0.05) is 50.9 Å². The van der Waals surface area contributed by atoms with Gasteiger partial charge in [0.15, 0.2) is 0 Å². The van der Waals surface area contributed by atoms with E-state index in [1.165, 1.54) is 19.2 Å². The number of hydrogen-bond donors (Lipinski definition) is 3. The molecule has 2 heterocycles. The van der Waals surface area contributed by atoms with Crippen LogP contribution in [0.5, 0.6) is 0 Å². The number of rotatable bonds is 14. The quantitative estimate of drug-likeness (QED) is 0.277. The van der Waals surface area contributed by atoms with E-state index in [9.17, 15) is 19.2 Å². The van der Waals surface area contributed by atoms with Crippen LogP contribution in [0.1, 0.15) is 88.3 Å². The number of nitrogens with one attached hydrogen (secondary N) is 3. The number of ether oxygens (including phenoxy) is 1. The van der Waals surface area contributed by atoms with E-state index >= 15 is 4.39 Å². The molecule has 2 aliphatic carbocycles. The number of hydrogen-bond acceptors (Lipinski definition) is 7. The van der Waals surface area contributed by atoms with E-state index in [-0.39, 0.29) is 29.6 Å². The van der Waals surface area contributed by atoms with Gasteiger partial charge in [-0.15, -0.1) is 0 Å². The Labute approximate surface area is 288 Å². The topological polar surface area (TPSA) is 138 Å². The molecule has 0 bridgehead atoms. The summed E-state index contributed by atoms with van der Waals surface area (Å²) in [6.07, 6.45) is 4.78. The number of piperazine rings is 1. The standard InChI is InChI=1S/C36H52FN7O5/c1-20(2)44-29(14-15-38-44)34(46)41-32(30(24-8-9-24)25-10-11-25)35(47)39-28-13-12-26(18-27(28)37)22(4)31(40-33(45)23(5)49-7)36(48)43-17-16-42(6)21(3)19-43/h12-15,18,20-25,30-32H,8-11,16-17,19H2,1-7H3,(H,39,47)(H,40,45)(H,41,46)/t21-,22+,23+,31?,32+/m1/s1. The minimum atomic E-state index is -0.961. The van der Waals surface area contributed by atoms with Crippen molar-refractivity contribution < 1.29 is 28.3 Å². The fraction of sp³-hybridized carbons (Fsp3) is 0.639. The summed E-state index contributed by atoms with van der Waals surface area (Å²) >= 11 is 0. The smallest absolute Gasteiger partial charge is 0.270 e. The van der Waals surface area contributed by atoms with Gasteiger partial charge in [0.1, 0.15) is 29.7 Å². The summed E-state index contributed by atoms with van der Waals surface area (Å²) < 4.78 is 22.6. The second kappa shape index (κ2) is 15.4.